The molecule has 8 nitrogen and oxygen atoms in total. The van der Waals surface area contributed by atoms with Crippen molar-refractivity contribution in [2.75, 3.05) is 29.0 Å². The maximum atomic E-state index is 12.7. The summed E-state index contributed by atoms with van der Waals surface area (Å²) < 4.78 is 52.9. The number of carbonyl (C=O) groups excluding carboxylic acids is 1. The highest BCUT2D eigenvalue weighted by Gasteiger charge is 2.27. The van der Waals surface area contributed by atoms with Crippen LogP contribution in [-0.4, -0.2) is 46.4 Å². The van der Waals surface area contributed by atoms with Crippen molar-refractivity contribution < 1.29 is 21.6 Å². The van der Waals surface area contributed by atoms with E-state index in [1.807, 2.05) is 0 Å². The van der Waals surface area contributed by atoms with Gasteiger partial charge in [-0.25, -0.2) is 16.8 Å². The molecule has 11 heteroatoms. The van der Waals surface area contributed by atoms with Crippen LogP contribution < -0.4 is 9.62 Å². The van der Waals surface area contributed by atoms with Crippen molar-refractivity contribution in [1.82, 2.24) is 4.31 Å². The molecule has 0 radical (unpaired) electrons. The molecule has 4 rings (SSSR count). The molecule has 1 saturated heterocycles. The van der Waals surface area contributed by atoms with Crippen LogP contribution in [0.5, 0.6) is 0 Å². The Hall–Kier alpha value is -2.92. The van der Waals surface area contributed by atoms with Gasteiger partial charge in [-0.1, -0.05) is 29.8 Å². The van der Waals surface area contributed by atoms with E-state index < -0.39 is 26.0 Å². The zero-order valence-electron chi connectivity index (χ0n) is 19.6. The maximum absolute atomic E-state index is 12.7. The number of sulfonamides is 2. The highest BCUT2D eigenvalue weighted by Crippen LogP contribution is 2.25. The van der Waals surface area contributed by atoms with Crippen molar-refractivity contribution >= 4 is 48.9 Å². The largest absolute Gasteiger partial charge is 0.322 e. The van der Waals surface area contributed by atoms with E-state index in [0.717, 1.165) is 19.1 Å². The minimum Gasteiger partial charge on any atom is -0.322 e. The molecule has 0 aliphatic carbocycles. The Balaban J connectivity index is 1.47. The van der Waals surface area contributed by atoms with Crippen LogP contribution >= 0.6 is 11.6 Å². The second-order valence-corrected chi connectivity index (χ2v) is 12.7. The molecule has 1 heterocycles. The Labute approximate surface area is 216 Å². The Kier molecular flexibility index (Phi) is 7.70. The monoisotopic (exact) mass is 547 g/mol. The van der Waals surface area contributed by atoms with Crippen LogP contribution in [0.3, 0.4) is 0 Å². The molecule has 0 saturated carbocycles. The second kappa shape index (κ2) is 10.6. The lowest BCUT2D eigenvalue weighted by Crippen LogP contribution is -2.29. The van der Waals surface area contributed by atoms with Gasteiger partial charge in [-0.15, -0.1) is 0 Å². The number of nitrogens with one attached hydrogen (secondary N) is 1. The molecular weight excluding hydrogens is 522 g/mol. The number of carbonyl (C=O) groups is 1. The van der Waals surface area contributed by atoms with Gasteiger partial charge in [-0.05, 0) is 73.0 Å². The van der Waals surface area contributed by atoms with E-state index in [1.54, 1.807) is 48.5 Å². The average Bonchev–Trinajstić information content (AvgIpc) is 3.39. The van der Waals surface area contributed by atoms with Crippen molar-refractivity contribution in [3.8, 4) is 0 Å². The van der Waals surface area contributed by atoms with Crippen LogP contribution in [0.2, 0.25) is 5.02 Å². The molecule has 0 bridgehead atoms. The van der Waals surface area contributed by atoms with Crippen LogP contribution in [0.1, 0.15) is 28.8 Å². The van der Waals surface area contributed by atoms with Crippen LogP contribution in [0.4, 0.5) is 11.4 Å². The number of anilines is 2. The Morgan fingerprint density at radius 2 is 1.53 bits per heavy atom. The predicted octanol–water partition coefficient (Wildman–Crippen LogP) is 4.34. The zero-order chi connectivity index (χ0) is 25.9. The molecule has 0 atom stereocenters. The van der Waals surface area contributed by atoms with Crippen molar-refractivity contribution in [2.45, 2.75) is 24.3 Å². The van der Waals surface area contributed by atoms with E-state index in [2.05, 4.69) is 5.32 Å². The van der Waals surface area contributed by atoms with Gasteiger partial charge in [0.25, 0.3) is 5.91 Å². The summed E-state index contributed by atoms with van der Waals surface area (Å²) >= 11 is 6.21. The van der Waals surface area contributed by atoms with E-state index in [1.165, 1.54) is 32.9 Å². The number of hydrogen-bond donors (Lipinski definition) is 1. The number of nitrogens with zero attached hydrogens (tertiary/aromatic N) is 2. The maximum Gasteiger partial charge on any atom is 0.255 e. The van der Waals surface area contributed by atoms with E-state index in [9.17, 15) is 21.6 Å². The molecule has 1 aliphatic rings. The highest BCUT2D eigenvalue weighted by atomic mass is 35.5. The first-order chi connectivity index (χ1) is 17.1. The smallest absolute Gasteiger partial charge is 0.255 e. The van der Waals surface area contributed by atoms with Gasteiger partial charge in [0.05, 0.1) is 23.4 Å². The van der Waals surface area contributed by atoms with E-state index in [4.69, 9.17) is 11.6 Å². The van der Waals surface area contributed by atoms with Gasteiger partial charge in [-0.3, -0.25) is 9.10 Å². The quantitative estimate of drug-likeness (QED) is 0.452. The zero-order valence-corrected chi connectivity index (χ0v) is 22.0. The molecule has 3 aromatic carbocycles. The van der Waals surface area contributed by atoms with Crippen molar-refractivity contribution in [3.63, 3.8) is 0 Å². The lowest BCUT2D eigenvalue weighted by atomic mass is 10.1. The second-order valence-electron chi connectivity index (χ2n) is 8.50. The van der Waals surface area contributed by atoms with Gasteiger partial charge < -0.3 is 5.32 Å². The fourth-order valence-electron chi connectivity index (χ4n) is 3.95. The van der Waals surface area contributed by atoms with Gasteiger partial charge >= 0.3 is 0 Å². The number of hydrogen-bond acceptors (Lipinski definition) is 5. The molecule has 36 heavy (non-hydrogen) atoms. The van der Waals surface area contributed by atoms with Crippen molar-refractivity contribution in [3.05, 3.63) is 88.9 Å². The number of amides is 1. The standard InChI is InChI=1S/C25H26ClN3O5S2/c1-35(31,32)29(18-20-6-2-3-7-24(20)26)22-12-8-19(9-13-22)25(30)27-21-10-14-23(15-11-21)36(33,34)28-16-4-5-17-28/h2-3,6-15H,4-5,16-18H2,1H3,(H,27,30). The molecular formula is C25H26ClN3O5S2. The fraction of sp³-hybridized carbons (Fsp3) is 0.240. The summed E-state index contributed by atoms with van der Waals surface area (Å²) in [5.41, 5.74) is 1.81. The van der Waals surface area contributed by atoms with Gasteiger partial charge in [0.15, 0.2) is 0 Å². The molecule has 190 valence electrons. The molecule has 1 fully saturated rings. The number of benzene rings is 3. The fourth-order valence-corrected chi connectivity index (χ4v) is 6.54. The summed E-state index contributed by atoms with van der Waals surface area (Å²) in [6.45, 7) is 1.09. The van der Waals surface area contributed by atoms with Crippen LogP contribution in [0, 0.1) is 0 Å². The van der Waals surface area contributed by atoms with Crippen molar-refractivity contribution in [1.29, 1.82) is 0 Å². The summed E-state index contributed by atoms with van der Waals surface area (Å²) in [5.74, 6) is -0.409. The van der Waals surface area contributed by atoms with Gasteiger partial charge in [0.2, 0.25) is 20.0 Å². The first kappa shape index (κ1) is 26.2. The minimum atomic E-state index is -3.62. The predicted molar refractivity (Wildman–Crippen MR) is 141 cm³/mol. The average molecular weight is 548 g/mol. The molecule has 3 aromatic rings. The molecule has 0 aromatic heterocycles. The van der Waals surface area contributed by atoms with E-state index in [-0.39, 0.29) is 11.4 Å². The lowest BCUT2D eigenvalue weighted by Gasteiger charge is -2.23. The normalized spacial score (nSPS) is 14.5. The summed E-state index contributed by atoms with van der Waals surface area (Å²) in [6, 6.07) is 19.2. The van der Waals surface area contributed by atoms with E-state index >= 15 is 0 Å². The lowest BCUT2D eigenvalue weighted by molar-refractivity contribution is 0.102. The SMILES string of the molecule is CS(=O)(=O)N(Cc1ccccc1Cl)c1ccc(C(=O)Nc2ccc(S(=O)(=O)N3CCCC3)cc2)cc1. The summed E-state index contributed by atoms with van der Waals surface area (Å²) in [6.07, 6.45) is 2.82. The number of rotatable bonds is 8. The van der Waals surface area contributed by atoms with Crippen LogP contribution in [0.15, 0.2) is 77.7 Å². The topological polar surface area (TPSA) is 104 Å². The van der Waals surface area contributed by atoms with Crippen LogP contribution in [0.25, 0.3) is 0 Å². The molecule has 1 amide bonds. The summed E-state index contributed by atoms with van der Waals surface area (Å²) in [5, 5.41) is 3.20. The first-order valence-corrected chi connectivity index (χ1v) is 14.9. The third kappa shape index (κ3) is 5.89. The van der Waals surface area contributed by atoms with E-state index in [0.29, 0.717) is 40.6 Å². The van der Waals surface area contributed by atoms with Gasteiger partial charge in [0, 0.05) is 29.4 Å². The molecule has 0 unspecified atom stereocenters. The molecule has 1 N–H and O–H groups in total. The number of halogens is 1. The third-order valence-electron chi connectivity index (χ3n) is 5.90. The summed E-state index contributed by atoms with van der Waals surface area (Å²) in [7, 11) is -7.14. The Morgan fingerprint density at radius 3 is 2.11 bits per heavy atom. The van der Waals surface area contributed by atoms with Gasteiger partial charge in [0.1, 0.15) is 0 Å². The molecule has 1 aliphatic heterocycles. The van der Waals surface area contributed by atoms with Gasteiger partial charge in [-0.2, -0.15) is 4.31 Å². The Bertz CT molecular complexity index is 1450. The Morgan fingerprint density at radius 1 is 0.917 bits per heavy atom. The third-order valence-corrected chi connectivity index (χ3v) is 9.33. The summed E-state index contributed by atoms with van der Waals surface area (Å²) in [4.78, 5) is 12.9. The highest BCUT2D eigenvalue weighted by molar-refractivity contribution is 7.92. The first-order valence-electron chi connectivity index (χ1n) is 11.3. The van der Waals surface area contributed by atoms with Crippen LogP contribution in [-0.2, 0) is 26.6 Å². The van der Waals surface area contributed by atoms with Crippen molar-refractivity contribution in [2.24, 2.45) is 0 Å². The minimum absolute atomic E-state index is 0.0523. The molecule has 0 spiro atoms.